The molecule has 2 fully saturated rings. The lowest BCUT2D eigenvalue weighted by Crippen LogP contribution is -2.38. The Morgan fingerprint density at radius 2 is 1.65 bits per heavy atom. The molecule has 0 spiro atoms. The number of carbonyl (C=O) groups excluding carboxylic acids is 1. The summed E-state index contributed by atoms with van der Waals surface area (Å²) in [5.41, 5.74) is 0.510. The van der Waals surface area contributed by atoms with E-state index in [4.69, 9.17) is 0 Å². The summed E-state index contributed by atoms with van der Waals surface area (Å²) in [6.07, 6.45) is 7.29. The van der Waals surface area contributed by atoms with Crippen LogP contribution in [0.3, 0.4) is 0 Å². The molecule has 0 saturated heterocycles. The van der Waals surface area contributed by atoms with E-state index in [9.17, 15) is 13.2 Å². The van der Waals surface area contributed by atoms with Crippen molar-refractivity contribution in [2.45, 2.75) is 61.9 Å². The van der Waals surface area contributed by atoms with Crippen molar-refractivity contribution >= 4 is 15.9 Å². The van der Waals surface area contributed by atoms with Crippen LogP contribution in [0.25, 0.3) is 0 Å². The van der Waals surface area contributed by atoms with Crippen molar-refractivity contribution in [1.29, 1.82) is 0 Å². The number of amides is 1. The molecule has 1 N–H and O–H groups in total. The zero-order chi connectivity index (χ0) is 16.4. The number of nitrogens with zero attached hydrogens (tertiary/aromatic N) is 1. The molecule has 0 aromatic heterocycles. The van der Waals surface area contributed by atoms with Gasteiger partial charge in [-0.25, -0.2) is 8.42 Å². The molecule has 2 aliphatic rings. The van der Waals surface area contributed by atoms with Gasteiger partial charge in [-0.3, -0.25) is 4.79 Å². The maximum atomic E-state index is 12.7. The molecule has 1 aromatic rings. The summed E-state index contributed by atoms with van der Waals surface area (Å²) in [5.74, 6) is -0.128. The maximum Gasteiger partial charge on any atom is 0.251 e. The third-order valence-electron chi connectivity index (χ3n) is 4.79. The van der Waals surface area contributed by atoms with E-state index in [-0.39, 0.29) is 16.8 Å². The molecule has 23 heavy (non-hydrogen) atoms. The van der Waals surface area contributed by atoms with Crippen LogP contribution in [0.5, 0.6) is 0 Å². The zero-order valence-electron chi connectivity index (χ0n) is 13.5. The van der Waals surface area contributed by atoms with Crippen LogP contribution in [-0.4, -0.2) is 37.8 Å². The number of nitrogens with one attached hydrogen (secondary N) is 1. The molecule has 3 rings (SSSR count). The highest BCUT2D eigenvalue weighted by molar-refractivity contribution is 7.89. The van der Waals surface area contributed by atoms with Gasteiger partial charge in [-0.15, -0.1) is 0 Å². The number of hydrogen-bond acceptors (Lipinski definition) is 3. The van der Waals surface area contributed by atoms with Gasteiger partial charge in [0.15, 0.2) is 0 Å². The van der Waals surface area contributed by atoms with Crippen molar-refractivity contribution in [2.24, 2.45) is 0 Å². The van der Waals surface area contributed by atoms with E-state index in [0.29, 0.717) is 11.6 Å². The minimum absolute atomic E-state index is 0.0894. The number of rotatable bonds is 5. The third-order valence-corrected chi connectivity index (χ3v) is 6.72. The van der Waals surface area contributed by atoms with E-state index >= 15 is 0 Å². The summed E-state index contributed by atoms with van der Waals surface area (Å²) >= 11 is 0. The van der Waals surface area contributed by atoms with Gasteiger partial charge < -0.3 is 5.32 Å². The minimum atomic E-state index is -3.49. The summed E-state index contributed by atoms with van der Waals surface area (Å²) < 4.78 is 27.0. The number of benzene rings is 1. The molecular weight excluding hydrogens is 312 g/mol. The second-order valence-corrected chi connectivity index (χ2v) is 8.58. The minimum Gasteiger partial charge on any atom is -0.349 e. The van der Waals surface area contributed by atoms with Crippen LogP contribution >= 0.6 is 0 Å². The Hall–Kier alpha value is -1.40. The SMILES string of the molecule is CN(C1CCCCC1)S(=O)(=O)c1ccc(C(=O)NC2CC2)cc1. The predicted octanol–water partition coefficient (Wildman–Crippen LogP) is 2.53. The normalized spacial score (nSPS) is 19.7. The first-order valence-corrected chi connectivity index (χ1v) is 9.81. The Balaban J connectivity index is 1.72. The standard InChI is InChI=1S/C17H24N2O3S/c1-19(15-5-3-2-4-6-15)23(21,22)16-11-7-13(8-12-16)17(20)18-14-9-10-14/h7-8,11-12,14-15H,2-6,9-10H2,1H3,(H,18,20). The molecule has 1 aromatic carbocycles. The summed E-state index contributed by atoms with van der Waals surface area (Å²) in [7, 11) is -1.82. The van der Waals surface area contributed by atoms with Gasteiger partial charge in [0.1, 0.15) is 0 Å². The number of carbonyl (C=O) groups is 1. The zero-order valence-corrected chi connectivity index (χ0v) is 14.3. The van der Waals surface area contributed by atoms with E-state index in [0.717, 1.165) is 38.5 Å². The Labute approximate surface area is 138 Å². The summed E-state index contributed by atoms with van der Waals surface area (Å²) in [4.78, 5) is 12.2. The fourth-order valence-electron chi connectivity index (χ4n) is 3.08. The topological polar surface area (TPSA) is 66.5 Å². The Kier molecular flexibility index (Phi) is 4.73. The van der Waals surface area contributed by atoms with Gasteiger partial charge in [-0.05, 0) is 49.9 Å². The molecule has 1 amide bonds. The summed E-state index contributed by atoms with van der Waals surface area (Å²) in [6, 6.07) is 6.65. The highest BCUT2D eigenvalue weighted by atomic mass is 32.2. The molecule has 0 radical (unpaired) electrons. The van der Waals surface area contributed by atoms with E-state index in [1.54, 1.807) is 19.2 Å². The summed E-state index contributed by atoms with van der Waals surface area (Å²) in [6.45, 7) is 0. The smallest absolute Gasteiger partial charge is 0.251 e. The van der Waals surface area contributed by atoms with E-state index in [1.165, 1.54) is 22.9 Å². The van der Waals surface area contributed by atoms with Gasteiger partial charge in [-0.2, -0.15) is 4.31 Å². The quantitative estimate of drug-likeness (QED) is 0.898. The second-order valence-electron chi connectivity index (χ2n) is 6.59. The first-order chi connectivity index (χ1) is 11.0. The fourth-order valence-corrected chi connectivity index (χ4v) is 4.50. The van der Waals surface area contributed by atoms with Crippen molar-refractivity contribution in [1.82, 2.24) is 9.62 Å². The lowest BCUT2D eigenvalue weighted by atomic mass is 9.96. The monoisotopic (exact) mass is 336 g/mol. The molecule has 0 bridgehead atoms. The van der Waals surface area contributed by atoms with Crippen molar-refractivity contribution in [3.8, 4) is 0 Å². The number of sulfonamides is 1. The highest BCUT2D eigenvalue weighted by Crippen LogP contribution is 2.26. The van der Waals surface area contributed by atoms with Crippen LogP contribution in [0.2, 0.25) is 0 Å². The first-order valence-electron chi connectivity index (χ1n) is 8.37. The van der Waals surface area contributed by atoms with E-state index in [1.807, 2.05) is 0 Å². The molecule has 0 atom stereocenters. The molecule has 0 heterocycles. The van der Waals surface area contributed by atoms with Crippen molar-refractivity contribution in [3.05, 3.63) is 29.8 Å². The van der Waals surface area contributed by atoms with Crippen LogP contribution in [0.4, 0.5) is 0 Å². The molecule has 126 valence electrons. The Morgan fingerprint density at radius 1 is 1.04 bits per heavy atom. The molecule has 6 heteroatoms. The van der Waals surface area contributed by atoms with Crippen LogP contribution < -0.4 is 5.32 Å². The lowest BCUT2D eigenvalue weighted by Gasteiger charge is -2.30. The fraction of sp³-hybridized carbons (Fsp3) is 0.588. The van der Waals surface area contributed by atoms with Gasteiger partial charge in [-0.1, -0.05) is 19.3 Å². The molecule has 0 unspecified atom stereocenters. The highest BCUT2D eigenvalue weighted by Gasteiger charge is 2.29. The third kappa shape index (κ3) is 3.75. The van der Waals surface area contributed by atoms with Gasteiger partial charge in [0.2, 0.25) is 10.0 Å². The van der Waals surface area contributed by atoms with Gasteiger partial charge >= 0.3 is 0 Å². The van der Waals surface area contributed by atoms with Crippen molar-refractivity contribution < 1.29 is 13.2 Å². The van der Waals surface area contributed by atoms with Crippen LogP contribution in [0.1, 0.15) is 55.3 Å². The number of hydrogen-bond donors (Lipinski definition) is 1. The van der Waals surface area contributed by atoms with Crippen LogP contribution in [0.15, 0.2) is 29.2 Å². The van der Waals surface area contributed by atoms with Gasteiger partial charge in [0.05, 0.1) is 4.90 Å². The largest absolute Gasteiger partial charge is 0.349 e. The van der Waals surface area contributed by atoms with Crippen LogP contribution in [-0.2, 0) is 10.0 Å². The average Bonchev–Trinajstić information content (AvgIpc) is 3.39. The van der Waals surface area contributed by atoms with Crippen LogP contribution in [0, 0.1) is 0 Å². The van der Waals surface area contributed by atoms with Gasteiger partial charge in [0.25, 0.3) is 5.91 Å². The average molecular weight is 336 g/mol. The molecule has 2 aliphatic carbocycles. The van der Waals surface area contributed by atoms with E-state index < -0.39 is 10.0 Å². The first kappa shape index (κ1) is 16.5. The van der Waals surface area contributed by atoms with E-state index in [2.05, 4.69) is 5.32 Å². The van der Waals surface area contributed by atoms with Crippen molar-refractivity contribution in [2.75, 3.05) is 7.05 Å². The van der Waals surface area contributed by atoms with Gasteiger partial charge in [0, 0.05) is 24.7 Å². The van der Waals surface area contributed by atoms with Crippen molar-refractivity contribution in [3.63, 3.8) is 0 Å². The molecule has 0 aliphatic heterocycles. The second kappa shape index (κ2) is 6.61. The molecular formula is C17H24N2O3S. The Bertz CT molecular complexity index is 660. The summed E-state index contributed by atoms with van der Waals surface area (Å²) in [5, 5.41) is 2.90. The molecule has 5 nitrogen and oxygen atoms in total. The molecule has 2 saturated carbocycles. The predicted molar refractivity (Wildman–Crippen MR) is 88.8 cm³/mol. The lowest BCUT2D eigenvalue weighted by molar-refractivity contribution is 0.0951. The Morgan fingerprint density at radius 3 is 2.22 bits per heavy atom. The maximum absolute atomic E-state index is 12.7.